The molecule has 152 valence electrons. The van der Waals surface area contributed by atoms with E-state index in [4.69, 9.17) is 0 Å². The van der Waals surface area contributed by atoms with Crippen molar-refractivity contribution in [2.24, 2.45) is 0 Å². The van der Waals surface area contributed by atoms with Gasteiger partial charge in [-0.1, -0.05) is 48.5 Å². The van der Waals surface area contributed by atoms with Crippen molar-refractivity contribution in [1.82, 2.24) is 15.1 Å². The smallest absolute Gasteiger partial charge is 0.274 e. The molecule has 0 unspecified atom stereocenters. The summed E-state index contributed by atoms with van der Waals surface area (Å²) >= 11 is 0. The van der Waals surface area contributed by atoms with Crippen LogP contribution in [-0.2, 0) is 17.8 Å². The first-order chi connectivity index (χ1) is 14.1. The van der Waals surface area contributed by atoms with Crippen LogP contribution in [0.3, 0.4) is 0 Å². The van der Waals surface area contributed by atoms with Crippen LogP contribution in [0.25, 0.3) is 10.8 Å². The number of amides is 1. The van der Waals surface area contributed by atoms with E-state index in [2.05, 4.69) is 24.3 Å². The Kier molecular flexibility index (Phi) is 7.14. The number of aromatic nitrogens is 2. The van der Waals surface area contributed by atoms with Crippen LogP contribution in [0.15, 0.2) is 59.4 Å². The van der Waals surface area contributed by atoms with Crippen molar-refractivity contribution >= 4 is 16.7 Å². The molecule has 3 rings (SSSR count). The predicted molar refractivity (Wildman–Crippen MR) is 115 cm³/mol. The average Bonchev–Trinajstić information content (AvgIpc) is 2.75. The van der Waals surface area contributed by atoms with Gasteiger partial charge in [-0.15, -0.1) is 0 Å². The number of nitrogens with zero attached hydrogens (tertiary/aromatic N) is 2. The second kappa shape index (κ2) is 9.98. The summed E-state index contributed by atoms with van der Waals surface area (Å²) in [5, 5.41) is 8.87. The molecule has 6 nitrogen and oxygen atoms in total. The molecule has 2 aromatic carbocycles. The van der Waals surface area contributed by atoms with Crippen LogP contribution in [0.4, 0.5) is 0 Å². The van der Waals surface area contributed by atoms with Gasteiger partial charge in [0.25, 0.3) is 5.56 Å². The maximum absolute atomic E-state index is 12.9. The molecule has 0 saturated heterocycles. The zero-order valence-electron chi connectivity index (χ0n) is 17.1. The number of carbonyl (C=O) groups is 1. The number of carbonyl (C=O) groups excluding carboxylic acids is 1. The summed E-state index contributed by atoms with van der Waals surface area (Å²) in [4.78, 5) is 26.9. The van der Waals surface area contributed by atoms with Crippen LogP contribution < -0.4 is 15.8 Å². The van der Waals surface area contributed by atoms with Gasteiger partial charge >= 0.3 is 0 Å². The fraction of sp³-hybridized carbons (Fsp3) is 0.348. The molecule has 0 saturated carbocycles. The van der Waals surface area contributed by atoms with Crippen molar-refractivity contribution in [3.05, 3.63) is 76.2 Å². The minimum Gasteiger partial charge on any atom is -0.350 e. The van der Waals surface area contributed by atoms with Crippen molar-refractivity contribution in [3.63, 3.8) is 0 Å². The normalized spacial score (nSPS) is 11.1. The lowest BCUT2D eigenvalue weighted by Gasteiger charge is -2.15. The fourth-order valence-corrected chi connectivity index (χ4v) is 3.50. The molecule has 6 heteroatoms. The minimum absolute atomic E-state index is 0.0703. The zero-order chi connectivity index (χ0) is 20.6. The Morgan fingerprint density at radius 1 is 1.00 bits per heavy atom. The van der Waals surface area contributed by atoms with Gasteiger partial charge in [-0.25, -0.2) is 4.68 Å². The van der Waals surface area contributed by atoms with Gasteiger partial charge in [-0.2, -0.15) is 5.10 Å². The fourth-order valence-electron chi connectivity index (χ4n) is 3.50. The van der Waals surface area contributed by atoms with Gasteiger partial charge in [0.1, 0.15) is 0 Å². The molecule has 1 heterocycles. The molecular formula is C23H29N4O2+. The van der Waals surface area contributed by atoms with E-state index in [9.17, 15) is 9.59 Å². The maximum atomic E-state index is 12.9. The highest BCUT2D eigenvalue weighted by Gasteiger charge is 2.14. The highest BCUT2D eigenvalue weighted by atomic mass is 16.1. The van der Waals surface area contributed by atoms with Gasteiger partial charge in [0.05, 0.1) is 50.2 Å². The van der Waals surface area contributed by atoms with Crippen LogP contribution in [0.1, 0.15) is 25.1 Å². The summed E-state index contributed by atoms with van der Waals surface area (Å²) in [6.07, 6.45) is 0.156. The van der Waals surface area contributed by atoms with Gasteiger partial charge in [-0.3, -0.25) is 9.59 Å². The summed E-state index contributed by atoms with van der Waals surface area (Å²) in [6, 6.07) is 17.1. The first kappa shape index (κ1) is 20.7. The first-order valence-corrected chi connectivity index (χ1v) is 10.2. The van der Waals surface area contributed by atoms with Crippen molar-refractivity contribution in [2.75, 3.05) is 26.2 Å². The molecule has 0 spiro atoms. The molecule has 1 amide bonds. The quantitative estimate of drug-likeness (QED) is 0.571. The average molecular weight is 394 g/mol. The maximum Gasteiger partial charge on any atom is 0.274 e. The third kappa shape index (κ3) is 5.29. The number of hydrogen-bond donors (Lipinski definition) is 2. The van der Waals surface area contributed by atoms with E-state index in [1.165, 1.54) is 9.58 Å². The standard InChI is InChI=1S/C23H28N4O2/c1-3-26(4-2)15-14-24-22(28)16-21-19-12-8-9-13-20(19)23(29)27(25-21)17-18-10-6-5-7-11-18/h5-13H,3-4,14-17H2,1-2H3,(H,24,28)/p+1. The Balaban J connectivity index is 1.82. The molecule has 0 radical (unpaired) electrons. The molecule has 0 aliphatic heterocycles. The van der Waals surface area contributed by atoms with Crippen molar-refractivity contribution in [2.45, 2.75) is 26.8 Å². The van der Waals surface area contributed by atoms with Gasteiger partial charge in [0, 0.05) is 5.39 Å². The summed E-state index contributed by atoms with van der Waals surface area (Å²) < 4.78 is 1.46. The monoisotopic (exact) mass is 393 g/mol. The number of rotatable bonds is 9. The third-order valence-electron chi connectivity index (χ3n) is 5.25. The van der Waals surface area contributed by atoms with Crippen LogP contribution >= 0.6 is 0 Å². The molecule has 0 atom stereocenters. The number of benzene rings is 2. The topological polar surface area (TPSA) is 68.4 Å². The second-order valence-electron chi connectivity index (χ2n) is 7.17. The predicted octanol–water partition coefficient (Wildman–Crippen LogP) is 1.03. The van der Waals surface area contributed by atoms with E-state index in [0.29, 0.717) is 24.2 Å². The molecule has 29 heavy (non-hydrogen) atoms. The Morgan fingerprint density at radius 3 is 2.34 bits per heavy atom. The summed E-state index contributed by atoms with van der Waals surface area (Å²) in [6.45, 7) is 8.30. The number of quaternary nitrogens is 1. The van der Waals surface area contributed by atoms with Crippen molar-refractivity contribution in [1.29, 1.82) is 0 Å². The van der Waals surface area contributed by atoms with Crippen LogP contribution in [-0.4, -0.2) is 41.9 Å². The molecule has 0 aliphatic carbocycles. The van der Waals surface area contributed by atoms with Gasteiger partial charge < -0.3 is 10.2 Å². The summed E-state index contributed by atoms with van der Waals surface area (Å²) in [7, 11) is 0. The van der Waals surface area contributed by atoms with Crippen LogP contribution in [0, 0.1) is 0 Å². The molecule has 2 N–H and O–H groups in total. The van der Waals surface area contributed by atoms with Crippen LogP contribution in [0.5, 0.6) is 0 Å². The molecular weight excluding hydrogens is 364 g/mol. The summed E-state index contributed by atoms with van der Waals surface area (Å²) in [5.74, 6) is -0.0703. The largest absolute Gasteiger partial charge is 0.350 e. The molecule has 1 aromatic heterocycles. The lowest BCUT2D eigenvalue weighted by Crippen LogP contribution is -3.12. The summed E-state index contributed by atoms with van der Waals surface area (Å²) in [5.41, 5.74) is 1.48. The lowest BCUT2D eigenvalue weighted by atomic mass is 10.1. The van der Waals surface area contributed by atoms with Crippen molar-refractivity contribution < 1.29 is 9.69 Å². The highest BCUT2D eigenvalue weighted by Crippen LogP contribution is 2.14. The van der Waals surface area contributed by atoms with Gasteiger partial charge in [0.2, 0.25) is 5.91 Å². The van der Waals surface area contributed by atoms with Crippen molar-refractivity contribution in [3.8, 4) is 0 Å². The molecule has 0 fully saturated rings. The second-order valence-corrected chi connectivity index (χ2v) is 7.17. The Hall–Kier alpha value is -2.99. The van der Waals surface area contributed by atoms with E-state index in [-0.39, 0.29) is 17.9 Å². The first-order valence-electron chi connectivity index (χ1n) is 10.2. The molecule has 3 aromatic rings. The van der Waals surface area contributed by atoms with E-state index in [1.807, 2.05) is 48.5 Å². The number of hydrogen-bond acceptors (Lipinski definition) is 3. The van der Waals surface area contributed by atoms with E-state index >= 15 is 0 Å². The highest BCUT2D eigenvalue weighted by molar-refractivity contribution is 5.88. The number of likely N-dealkylation sites (N-methyl/N-ethyl adjacent to an activating group) is 1. The van der Waals surface area contributed by atoms with Crippen LogP contribution in [0.2, 0.25) is 0 Å². The van der Waals surface area contributed by atoms with Gasteiger partial charge in [0.15, 0.2) is 0 Å². The van der Waals surface area contributed by atoms with Gasteiger partial charge in [-0.05, 0) is 25.5 Å². The Morgan fingerprint density at radius 2 is 1.66 bits per heavy atom. The molecule has 0 aliphatic rings. The number of nitrogens with one attached hydrogen (secondary N) is 2. The Labute approximate surface area is 171 Å². The SMILES string of the molecule is CC[NH+](CC)CCNC(=O)Cc1nn(Cc2ccccc2)c(=O)c2ccccc12. The zero-order valence-corrected chi connectivity index (χ0v) is 17.1. The minimum atomic E-state index is -0.140. The third-order valence-corrected chi connectivity index (χ3v) is 5.25. The number of fused-ring (bicyclic) bond motifs is 1. The lowest BCUT2D eigenvalue weighted by molar-refractivity contribution is -0.895. The molecule has 0 bridgehead atoms. The van der Waals surface area contributed by atoms with E-state index in [1.54, 1.807) is 6.07 Å². The Bertz CT molecular complexity index is 1010. The van der Waals surface area contributed by atoms with E-state index < -0.39 is 0 Å². The van der Waals surface area contributed by atoms with E-state index in [0.717, 1.165) is 30.6 Å².